The number of anilines is 4. The lowest BCUT2D eigenvalue weighted by Crippen LogP contribution is -2.46. The zero-order chi connectivity index (χ0) is 32.5. The van der Waals surface area contributed by atoms with Crippen LogP contribution in [-0.2, 0) is 0 Å². The van der Waals surface area contributed by atoms with Crippen LogP contribution in [0.5, 0.6) is 5.75 Å². The lowest BCUT2D eigenvalue weighted by atomic mass is 10.1. The summed E-state index contributed by atoms with van der Waals surface area (Å²) >= 11 is 0. The van der Waals surface area contributed by atoms with Gasteiger partial charge in [0.25, 0.3) is 0 Å². The summed E-state index contributed by atoms with van der Waals surface area (Å²) in [5.41, 5.74) is 2.72. The van der Waals surface area contributed by atoms with Crippen LogP contribution in [0.15, 0.2) is 102 Å². The highest BCUT2D eigenvalue weighted by Gasteiger charge is 2.24. The molecule has 0 atom stereocenters. The fraction of sp³-hybridized carbons (Fsp3) is 0.222. The first-order valence-electron chi connectivity index (χ1n) is 15.6. The van der Waals surface area contributed by atoms with Gasteiger partial charge in [0.15, 0.2) is 5.75 Å². The van der Waals surface area contributed by atoms with E-state index in [0.29, 0.717) is 45.0 Å². The van der Waals surface area contributed by atoms with Gasteiger partial charge in [0.1, 0.15) is 11.6 Å². The first kappa shape index (κ1) is 30.1. The number of piperazine rings is 2. The molecule has 1 N–H and O–H groups in total. The highest BCUT2D eigenvalue weighted by Crippen LogP contribution is 2.32. The van der Waals surface area contributed by atoms with Crippen LogP contribution in [0, 0.1) is 11.6 Å². The van der Waals surface area contributed by atoms with Crippen LogP contribution in [-0.4, -0.2) is 68.2 Å². The summed E-state index contributed by atoms with van der Waals surface area (Å²) in [6, 6.07) is 27.6. The number of rotatable bonds is 6. The number of halogens is 2. The number of carbonyl (C=O) groups is 1. The van der Waals surface area contributed by atoms with Gasteiger partial charge in [-0.1, -0.05) is 36.4 Å². The predicted octanol–water partition coefficient (Wildman–Crippen LogP) is 5.98. The fourth-order valence-corrected chi connectivity index (χ4v) is 6.51. The Hall–Kier alpha value is -5.58. The summed E-state index contributed by atoms with van der Waals surface area (Å²) in [5.74, 6) is -1.76. The van der Waals surface area contributed by atoms with Crippen molar-refractivity contribution >= 4 is 39.8 Å². The lowest BCUT2D eigenvalue weighted by Gasteiger charge is -2.37. The Labute approximate surface area is 270 Å². The second-order valence-corrected chi connectivity index (χ2v) is 11.6. The van der Waals surface area contributed by atoms with E-state index in [0.717, 1.165) is 36.7 Å². The molecule has 11 heteroatoms. The minimum Gasteiger partial charge on any atom is -0.449 e. The Morgan fingerprint density at radius 3 is 1.66 bits per heavy atom. The third-order valence-electron chi connectivity index (χ3n) is 8.94. The molecule has 2 saturated heterocycles. The summed E-state index contributed by atoms with van der Waals surface area (Å²) in [6.07, 6.45) is -0.545. The first-order chi connectivity index (χ1) is 22.9. The Kier molecular flexibility index (Phi) is 8.11. The van der Waals surface area contributed by atoms with Crippen molar-refractivity contribution in [1.29, 1.82) is 0 Å². The molecule has 7 rings (SSSR count). The van der Waals surface area contributed by atoms with Crippen LogP contribution in [0.3, 0.4) is 0 Å². The first-order valence-corrected chi connectivity index (χ1v) is 15.6. The molecule has 2 aliphatic heterocycles. The van der Waals surface area contributed by atoms with Gasteiger partial charge in [-0.2, -0.15) is 0 Å². The van der Waals surface area contributed by atoms with Crippen molar-refractivity contribution in [3.63, 3.8) is 0 Å². The normalized spacial score (nSPS) is 15.3. The van der Waals surface area contributed by atoms with Crippen LogP contribution in [0.25, 0.3) is 16.6 Å². The minimum atomic E-state index is -1.70. The van der Waals surface area contributed by atoms with Crippen LogP contribution >= 0.6 is 0 Å². The van der Waals surface area contributed by atoms with Crippen molar-refractivity contribution in [2.75, 3.05) is 72.0 Å². The number of nitrogens with zero attached hydrogens (tertiary/aromatic N) is 5. The molecule has 240 valence electrons. The molecule has 0 unspecified atom stereocenters. The predicted molar refractivity (Wildman–Crippen MR) is 180 cm³/mol. The number of pyridine rings is 1. The van der Waals surface area contributed by atoms with Crippen LogP contribution < -0.4 is 29.8 Å². The number of carboxylic acid groups (broad SMARTS) is 1. The monoisotopic (exact) mass is 637 g/mol. The van der Waals surface area contributed by atoms with Crippen molar-refractivity contribution in [3.05, 3.63) is 119 Å². The highest BCUT2D eigenvalue weighted by molar-refractivity contribution is 5.86. The fourth-order valence-electron chi connectivity index (χ4n) is 6.51. The van der Waals surface area contributed by atoms with E-state index in [1.54, 1.807) is 12.1 Å². The number of aromatic nitrogens is 1. The summed E-state index contributed by atoms with van der Waals surface area (Å²) < 4.78 is 37.8. The van der Waals surface area contributed by atoms with Gasteiger partial charge >= 0.3 is 6.16 Å². The standard InChI is InChI=1S/C36H33F2N5O4/c37-29-21-27(41-15-13-39(14-16-41)25-7-3-1-4-8-25)11-12-31(29)43-24-34(47-36(45)46)35(44)28-22-30(38)33(23-32(28)43)42-19-17-40(18-20-42)26-9-5-2-6-10-26/h1-12,21-24H,13-20H2,(H,45,46). The summed E-state index contributed by atoms with van der Waals surface area (Å²) in [5, 5.41) is 9.17. The highest BCUT2D eigenvalue weighted by atomic mass is 19.1. The van der Waals surface area contributed by atoms with Gasteiger partial charge in [-0.3, -0.25) is 4.79 Å². The number of hydrogen-bond donors (Lipinski definition) is 1. The molecule has 0 aliphatic carbocycles. The Balaban J connectivity index is 1.21. The molecule has 0 amide bonds. The third kappa shape index (κ3) is 6.04. The van der Waals surface area contributed by atoms with Gasteiger partial charge in [-0.15, -0.1) is 0 Å². The summed E-state index contributed by atoms with van der Waals surface area (Å²) in [7, 11) is 0. The Bertz CT molecular complexity index is 1970. The van der Waals surface area contributed by atoms with Crippen molar-refractivity contribution < 1.29 is 23.4 Å². The van der Waals surface area contributed by atoms with Gasteiger partial charge in [0.05, 0.1) is 28.5 Å². The van der Waals surface area contributed by atoms with Crippen LogP contribution in [0.2, 0.25) is 0 Å². The van der Waals surface area contributed by atoms with E-state index >= 15 is 8.78 Å². The van der Waals surface area contributed by atoms with E-state index in [2.05, 4.69) is 26.8 Å². The average Bonchev–Trinajstić information content (AvgIpc) is 3.10. The quantitative estimate of drug-likeness (QED) is 0.228. The number of para-hydroxylation sites is 2. The molecule has 3 heterocycles. The SMILES string of the molecule is O=C(O)Oc1cn(-c2ccc(N3CCN(c4ccccc4)CC3)cc2F)c2cc(N3CCN(c4ccccc4)CC3)c(F)cc2c1=O. The maximum atomic E-state index is 16.0. The Morgan fingerprint density at radius 2 is 1.13 bits per heavy atom. The van der Waals surface area contributed by atoms with E-state index < -0.39 is 29.0 Å². The lowest BCUT2D eigenvalue weighted by molar-refractivity contribution is 0.144. The molecule has 5 aromatic rings. The zero-order valence-electron chi connectivity index (χ0n) is 25.6. The van der Waals surface area contributed by atoms with Crippen molar-refractivity contribution in [3.8, 4) is 11.4 Å². The molecule has 0 spiro atoms. The van der Waals surface area contributed by atoms with Gasteiger partial charge in [-0.05, 0) is 54.6 Å². The van der Waals surface area contributed by atoms with E-state index in [-0.39, 0.29) is 22.3 Å². The largest absolute Gasteiger partial charge is 0.511 e. The minimum absolute atomic E-state index is 0.0726. The zero-order valence-corrected chi connectivity index (χ0v) is 25.6. The molecule has 4 aromatic carbocycles. The number of benzene rings is 4. The van der Waals surface area contributed by atoms with Crippen LogP contribution in [0.1, 0.15) is 0 Å². The van der Waals surface area contributed by atoms with E-state index in [1.165, 1.54) is 16.7 Å². The summed E-state index contributed by atoms with van der Waals surface area (Å²) in [4.78, 5) is 33.2. The second kappa shape index (κ2) is 12.7. The number of hydrogen-bond acceptors (Lipinski definition) is 7. The maximum Gasteiger partial charge on any atom is 0.511 e. The number of ether oxygens (including phenoxy) is 1. The van der Waals surface area contributed by atoms with Gasteiger partial charge in [0, 0.05) is 69.4 Å². The van der Waals surface area contributed by atoms with Crippen molar-refractivity contribution in [2.45, 2.75) is 0 Å². The molecule has 0 saturated carbocycles. The van der Waals surface area contributed by atoms with E-state index in [9.17, 15) is 14.7 Å². The molecule has 9 nitrogen and oxygen atoms in total. The maximum absolute atomic E-state index is 16.0. The smallest absolute Gasteiger partial charge is 0.449 e. The topological polar surface area (TPSA) is 81.5 Å². The van der Waals surface area contributed by atoms with Crippen molar-refractivity contribution in [1.82, 2.24) is 4.57 Å². The van der Waals surface area contributed by atoms with Gasteiger partial charge < -0.3 is 34.0 Å². The average molecular weight is 638 g/mol. The second-order valence-electron chi connectivity index (χ2n) is 11.6. The van der Waals surface area contributed by atoms with E-state index in [4.69, 9.17) is 4.74 Å². The van der Waals surface area contributed by atoms with Gasteiger partial charge in [-0.25, -0.2) is 13.6 Å². The summed E-state index contributed by atoms with van der Waals surface area (Å²) in [6.45, 7) is 5.34. The van der Waals surface area contributed by atoms with E-state index in [1.807, 2.05) is 53.4 Å². The molecule has 0 radical (unpaired) electrons. The van der Waals surface area contributed by atoms with Crippen molar-refractivity contribution in [2.24, 2.45) is 0 Å². The molecule has 2 fully saturated rings. The number of fused-ring (bicyclic) bond motifs is 1. The molecule has 2 aliphatic rings. The van der Waals surface area contributed by atoms with Gasteiger partial charge in [0.2, 0.25) is 5.43 Å². The molecule has 1 aromatic heterocycles. The molecular weight excluding hydrogens is 604 g/mol. The molecule has 47 heavy (non-hydrogen) atoms. The molecular formula is C36H33F2N5O4. The Morgan fingerprint density at radius 1 is 0.617 bits per heavy atom. The third-order valence-corrected chi connectivity index (χ3v) is 8.94. The molecule has 0 bridgehead atoms. The van der Waals surface area contributed by atoms with Crippen LogP contribution in [0.4, 0.5) is 36.3 Å².